The van der Waals surface area contributed by atoms with Crippen LogP contribution in [-0.4, -0.2) is 29.5 Å². The highest BCUT2D eigenvalue weighted by Gasteiger charge is 2.29. The third kappa shape index (κ3) is 1.63. The van der Waals surface area contributed by atoms with Gasteiger partial charge < -0.3 is 4.90 Å². The van der Waals surface area contributed by atoms with E-state index in [4.69, 9.17) is 0 Å². The molecule has 1 fully saturated rings. The van der Waals surface area contributed by atoms with Crippen LogP contribution in [0.4, 0.5) is 5.69 Å². The summed E-state index contributed by atoms with van der Waals surface area (Å²) in [4.78, 5) is 38.3. The van der Waals surface area contributed by atoms with E-state index in [1.165, 1.54) is 23.4 Å². The van der Waals surface area contributed by atoms with Crippen molar-refractivity contribution in [2.45, 2.75) is 6.42 Å². The number of nitrogens with zero attached hydrogens (tertiary/aromatic N) is 2. The second-order valence-corrected chi connectivity index (χ2v) is 3.25. The van der Waals surface area contributed by atoms with Gasteiger partial charge >= 0.3 is 0 Å². The molecule has 0 aliphatic carbocycles. The second-order valence-electron chi connectivity index (χ2n) is 3.25. The van der Waals surface area contributed by atoms with Gasteiger partial charge in [-0.3, -0.25) is 19.4 Å². The normalized spacial score (nSPS) is 15.9. The van der Waals surface area contributed by atoms with Crippen molar-refractivity contribution in [1.82, 2.24) is 4.98 Å². The van der Waals surface area contributed by atoms with Crippen LogP contribution >= 0.6 is 0 Å². The van der Waals surface area contributed by atoms with Gasteiger partial charge in [0.1, 0.15) is 0 Å². The summed E-state index contributed by atoms with van der Waals surface area (Å²) >= 11 is 0. The van der Waals surface area contributed by atoms with Crippen LogP contribution in [0.5, 0.6) is 0 Å². The number of carbonyl (C=O) groups is 3. The minimum Gasteiger partial charge on any atom is -0.302 e. The van der Waals surface area contributed by atoms with Crippen molar-refractivity contribution in [2.75, 3.05) is 11.4 Å². The molecule has 0 unspecified atom stereocenters. The Balaban J connectivity index is 2.41. The van der Waals surface area contributed by atoms with E-state index in [0.29, 0.717) is 17.5 Å². The fraction of sp³-hybridized carbons (Fsp3) is 0.200. The molecule has 1 saturated heterocycles. The zero-order valence-electron chi connectivity index (χ0n) is 7.84. The van der Waals surface area contributed by atoms with Gasteiger partial charge in [-0.2, -0.15) is 0 Å². The fourth-order valence-corrected chi connectivity index (χ4v) is 1.53. The highest BCUT2D eigenvalue weighted by molar-refractivity contribution is 6.16. The van der Waals surface area contributed by atoms with Gasteiger partial charge in [0.05, 0.1) is 24.8 Å². The zero-order valence-corrected chi connectivity index (χ0v) is 7.84. The largest absolute Gasteiger partial charge is 0.302 e. The molecule has 2 rings (SSSR count). The average Bonchev–Trinajstić information content (AvgIpc) is 2.57. The third-order valence-electron chi connectivity index (χ3n) is 2.23. The smallest absolute Gasteiger partial charge is 0.234 e. The lowest BCUT2D eigenvalue weighted by molar-refractivity contribution is -0.121. The highest BCUT2D eigenvalue weighted by atomic mass is 16.2. The summed E-state index contributed by atoms with van der Waals surface area (Å²) < 4.78 is 0. The molecule has 0 N–H and O–H groups in total. The van der Waals surface area contributed by atoms with Gasteiger partial charge in [-0.25, -0.2) is 0 Å². The van der Waals surface area contributed by atoms with Gasteiger partial charge in [0.2, 0.25) is 5.91 Å². The minimum absolute atomic E-state index is 0.0331. The minimum atomic E-state index is -0.281. The Morgan fingerprint density at radius 1 is 1.40 bits per heavy atom. The van der Waals surface area contributed by atoms with Gasteiger partial charge in [-0.05, 0) is 6.07 Å². The van der Waals surface area contributed by atoms with E-state index in [1.807, 2.05) is 0 Å². The Hall–Kier alpha value is -2.04. The number of carbonyl (C=O) groups excluding carboxylic acids is 3. The summed E-state index contributed by atoms with van der Waals surface area (Å²) in [6, 6.07) is 1.51. The number of pyridine rings is 1. The summed E-state index contributed by atoms with van der Waals surface area (Å²) in [5.74, 6) is -0.420. The van der Waals surface area contributed by atoms with Crippen LogP contribution < -0.4 is 4.90 Å². The number of aldehydes is 1. The Kier molecular flexibility index (Phi) is 2.29. The summed E-state index contributed by atoms with van der Waals surface area (Å²) in [6.07, 6.45) is 3.44. The maximum absolute atomic E-state index is 11.4. The molecule has 15 heavy (non-hydrogen) atoms. The third-order valence-corrected chi connectivity index (χ3v) is 2.23. The molecule has 5 heteroatoms. The van der Waals surface area contributed by atoms with E-state index in [9.17, 15) is 14.4 Å². The van der Waals surface area contributed by atoms with Crippen molar-refractivity contribution in [3.05, 3.63) is 24.0 Å². The fourth-order valence-electron chi connectivity index (χ4n) is 1.53. The standard InChI is InChI=1S/C10H8N2O3/c13-6-7-1-2-11-4-9(7)12-5-8(14)3-10(12)15/h1-2,4,6H,3,5H2. The average molecular weight is 204 g/mol. The van der Waals surface area contributed by atoms with Crippen LogP contribution in [0, 0.1) is 0 Å². The SMILES string of the molecule is O=Cc1ccncc1N1CC(=O)CC1=O. The molecule has 1 aliphatic heterocycles. The molecule has 0 spiro atoms. The molecule has 5 nitrogen and oxygen atoms in total. The van der Waals surface area contributed by atoms with E-state index in [2.05, 4.69) is 4.98 Å². The van der Waals surface area contributed by atoms with Crippen molar-refractivity contribution in [1.29, 1.82) is 0 Å². The number of hydrogen-bond acceptors (Lipinski definition) is 4. The molecular weight excluding hydrogens is 196 g/mol. The lowest BCUT2D eigenvalue weighted by Crippen LogP contribution is -2.25. The Bertz CT molecular complexity index is 442. The second kappa shape index (κ2) is 3.61. The number of rotatable bonds is 2. The first-order chi connectivity index (χ1) is 7.22. The topological polar surface area (TPSA) is 67.3 Å². The van der Waals surface area contributed by atoms with E-state index < -0.39 is 0 Å². The molecule has 1 amide bonds. The summed E-state index contributed by atoms with van der Waals surface area (Å²) in [5, 5.41) is 0. The maximum Gasteiger partial charge on any atom is 0.234 e. The first-order valence-electron chi connectivity index (χ1n) is 4.43. The van der Waals surface area contributed by atoms with Gasteiger partial charge in [0, 0.05) is 11.8 Å². The Morgan fingerprint density at radius 2 is 2.20 bits per heavy atom. The first-order valence-corrected chi connectivity index (χ1v) is 4.43. The molecule has 0 atom stereocenters. The van der Waals surface area contributed by atoms with Crippen LogP contribution in [0.25, 0.3) is 0 Å². The molecule has 0 bridgehead atoms. The highest BCUT2D eigenvalue weighted by Crippen LogP contribution is 2.21. The van der Waals surface area contributed by atoms with Crippen LogP contribution in [0.2, 0.25) is 0 Å². The monoisotopic (exact) mass is 204 g/mol. The number of aromatic nitrogens is 1. The first kappa shape index (κ1) is 9.51. The van der Waals surface area contributed by atoms with E-state index in [-0.39, 0.29) is 24.7 Å². The van der Waals surface area contributed by atoms with E-state index in [1.54, 1.807) is 0 Å². The molecule has 1 aromatic heterocycles. The number of ketones is 1. The van der Waals surface area contributed by atoms with Crippen LogP contribution in [-0.2, 0) is 9.59 Å². The molecule has 1 aliphatic rings. The van der Waals surface area contributed by atoms with Crippen molar-refractivity contribution in [3.63, 3.8) is 0 Å². The number of Topliss-reactive ketones (excluding diaryl/α,β-unsaturated/α-hetero) is 1. The van der Waals surface area contributed by atoms with Gasteiger partial charge in [0.15, 0.2) is 12.1 Å². The number of anilines is 1. The van der Waals surface area contributed by atoms with Crippen molar-refractivity contribution >= 4 is 23.7 Å². The summed E-state index contributed by atoms with van der Waals surface area (Å²) in [6.45, 7) is 0.0331. The lowest BCUT2D eigenvalue weighted by Gasteiger charge is -2.15. The molecule has 0 aromatic carbocycles. The predicted octanol–water partition coefficient (Wildman–Crippen LogP) is 0.200. The molecule has 76 valence electrons. The van der Waals surface area contributed by atoms with Crippen LogP contribution in [0.3, 0.4) is 0 Å². The van der Waals surface area contributed by atoms with Gasteiger partial charge in [-0.1, -0.05) is 0 Å². The molecular formula is C10H8N2O3. The van der Waals surface area contributed by atoms with Gasteiger partial charge in [-0.15, -0.1) is 0 Å². The Labute approximate surface area is 85.7 Å². The summed E-state index contributed by atoms with van der Waals surface area (Å²) in [7, 11) is 0. The predicted molar refractivity (Wildman–Crippen MR) is 51.6 cm³/mol. The van der Waals surface area contributed by atoms with E-state index in [0.717, 1.165) is 0 Å². The van der Waals surface area contributed by atoms with Crippen molar-refractivity contribution < 1.29 is 14.4 Å². The lowest BCUT2D eigenvalue weighted by atomic mass is 10.2. The molecule has 0 radical (unpaired) electrons. The van der Waals surface area contributed by atoms with Crippen molar-refractivity contribution in [3.8, 4) is 0 Å². The molecule has 1 aromatic rings. The summed E-state index contributed by atoms with van der Waals surface area (Å²) in [5.41, 5.74) is 0.774. The molecule has 2 heterocycles. The zero-order chi connectivity index (χ0) is 10.8. The van der Waals surface area contributed by atoms with Crippen LogP contribution in [0.15, 0.2) is 18.5 Å². The molecule has 0 saturated carbocycles. The van der Waals surface area contributed by atoms with Gasteiger partial charge in [0.25, 0.3) is 0 Å². The quantitative estimate of drug-likeness (QED) is 0.509. The van der Waals surface area contributed by atoms with E-state index >= 15 is 0 Å². The van der Waals surface area contributed by atoms with Crippen molar-refractivity contribution in [2.24, 2.45) is 0 Å². The number of hydrogen-bond donors (Lipinski definition) is 0. The van der Waals surface area contributed by atoms with Crippen LogP contribution in [0.1, 0.15) is 16.8 Å². The maximum atomic E-state index is 11.4. The Morgan fingerprint density at radius 3 is 2.80 bits per heavy atom. The number of amides is 1.